The van der Waals surface area contributed by atoms with Crippen LogP contribution in [0.2, 0.25) is 0 Å². The van der Waals surface area contributed by atoms with E-state index in [2.05, 4.69) is 5.32 Å². The fraction of sp³-hybridized carbons (Fsp3) is 0.364. The molecule has 20 heavy (non-hydrogen) atoms. The van der Waals surface area contributed by atoms with Gasteiger partial charge in [0.1, 0.15) is 0 Å². The summed E-state index contributed by atoms with van der Waals surface area (Å²) in [5, 5.41) is 24.1. The minimum atomic E-state index is -0.779. The molecule has 1 rings (SSSR count). The van der Waals surface area contributed by atoms with Gasteiger partial charge in [-0.2, -0.15) is 0 Å². The predicted molar refractivity (Wildman–Crippen MR) is 68.7 cm³/mol. The molecule has 0 atom stereocenters. The molecule has 9 heteroatoms. The number of nitrogens with one attached hydrogen (secondary N) is 1. The van der Waals surface area contributed by atoms with Crippen LogP contribution in [0.4, 0.5) is 11.4 Å². The Labute approximate surface area is 113 Å². The van der Waals surface area contributed by atoms with Crippen molar-refractivity contribution in [2.45, 2.75) is 6.92 Å². The Morgan fingerprint density at radius 2 is 1.95 bits per heavy atom. The van der Waals surface area contributed by atoms with Crippen LogP contribution in [0.25, 0.3) is 0 Å². The van der Waals surface area contributed by atoms with Crippen molar-refractivity contribution in [3.63, 3.8) is 0 Å². The maximum absolute atomic E-state index is 11.9. The van der Waals surface area contributed by atoms with Gasteiger partial charge in [-0.1, -0.05) is 0 Å². The van der Waals surface area contributed by atoms with Crippen molar-refractivity contribution in [2.75, 3.05) is 20.3 Å². The van der Waals surface area contributed by atoms with Crippen LogP contribution in [-0.4, -0.2) is 36.0 Å². The Kier molecular flexibility index (Phi) is 5.09. The molecule has 1 aromatic carbocycles. The Hall–Kier alpha value is -2.55. The minimum absolute atomic E-state index is 0.0792. The fourth-order valence-corrected chi connectivity index (χ4v) is 1.58. The van der Waals surface area contributed by atoms with Crippen molar-refractivity contribution in [1.29, 1.82) is 0 Å². The summed E-state index contributed by atoms with van der Waals surface area (Å²) >= 11 is 0. The highest BCUT2D eigenvalue weighted by Gasteiger charge is 2.24. The standard InChI is InChI=1S/C11H13N3O6/c1-7-9(11(15)12-3-4-20-2)5-8(13(16)17)6-10(7)14(18)19/h5-6H,3-4H2,1-2H3,(H,12,15). The topological polar surface area (TPSA) is 125 Å². The monoisotopic (exact) mass is 283 g/mol. The molecular formula is C11H13N3O6. The number of carbonyl (C=O) groups excluding carboxylic acids is 1. The van der Waals surface area contributed by atoms with Crippen LogP contribution in [0.3, 0.4) is 0 Å². The molecule has 0 saturated heterocycles. The molecule has 0 aliphatic carbocycles. The zero-order valence-corrected chi connectivity index (χ0v) is 10.9. The molecule has 1 N–H and O–H groups in total. The summed E-state index contributed by atoms with van der Waals surface area (Å²) in [6.45, 7) is 1.83. The van der Waals surface area contributed by atoms with Crippen molar-refractivity contribution in [1.82, 2.24) is 5.32 Å². The van der Waals surface area contributed by atoms with Gasteiger partial charge in [0, 0.05) is 25.3 Å². The lowest BCUT2D eigenvalue weighted by Crippen LogP contribution is -2.27. The van der Waals surface area contributed by atoms with Gasteiger partial charge >= 0.3 is 0 Å². The Bertz CT molecular complexity index is 557. The number of hydrogen-bond donors (Lipinski definition) is 1. The summed E-state index contributed by atoms with van der Waals surface area (Å²) in [5.74, 6) is -0.619. The van der Waals surface area contributed by atoms with Gasteiger partial charge in [0.2, 0.25) is 0 Å². The molecule has 0 saturated carbocycles. The first-order valence-corrected chi connectivity index (χ1v) is 5.59. The number of hydrogen-bond acceptors (Lipinski definition) is 6. The predicted octanol–water partition coefficient (Wildman–Crippen LogP) is 1.19. The van der Waals surface area contributed by atoms with E-state index in [4.69, 9.17) is 4.74 Å². The van der Waals surface area contributed by atoms with Crippen LogP contribution >= 0.6 is 0 Å². The first-order chi connectivity index (χ1) is 9.38. The van der Waals surface area contributed by atoms with Crippen molar-refractivity contribution in [2.24, 2.45) is 0 Å². The molecule has 1 aromatic rings. The quantitative estimate of drug-likeness (QED) is 0.475. The SMILES string of the molecule is COCCNC(=O)c1cc([N+](=O)[O-])cc([N+](=O)[O-])c1C. The second kappa shape index (κ2) is 6.57. The Morgan fingerprint density at radius 3 is 2.45 bits per heavy atom. The van der Waals surface area contributed by atoms with Crippen LogP contribution in [-0.2, 0) is 4.74 Å². The second-order valence-corrected chi connectivity index (χ2v) is 3.90. The molecule has 0 aliphatic rings. The molecular weight excluding hydrogens is 270 g/mol. The zero-order valence-electron chi connectivity index (χ0n) is 10.9. The third-order valence-electron chi connectivity index (χ3n) is 2.61. The van der Waals surface area contributed by atoms with Gasteiger partial charge in [0.05, 0.1) is 28.1 Å². The van der Waals surface area contributed by atoms with Crippen LogP contribution in [0.15, 0.2) is 12.1 Å². The third kappa shape index (κ3) is 3.48. The number of ether oxygens (including phenoxy) is 1. The largest absolute Gasteiger partial charge is 0.383 e. The first-order valence-electron chi connectivity index (χ1n) is 5.59. The van der Waals surface area contributed by atoms with Gasteiger partial charge in [-0.25, -0.2) is 0 Å². The lowest BCUT2D eigenvalue weighted by Gasteiger charge is -2.07. The van der Waals surface area contributed by atoms with Gasteiger partial charge in [-0.15, -0.1) is 0 Å². The molecule has 0 spiro atoms. The molecule has 0 heterocycles. The summed E-state index contributed by atoms with van der Waals surface area (Å²) in [6, 6.07) is 1.85. The van der Waals surface area contributed by atoms with Gasteiger partial charge in [0.15, 0.2) is 0 Å². The van der Waals surface area contributed by atoms with Crippen LogP contribution in [0, 0.1) is 27.2 Å². The molecule has 0 aromatic heterocycles. The van der Waals surface area contributed by atoms with E-state index in [1.165, 1.54) is 14.0 Å². The number of non-ortho nitro benzene ring substituents is 1. The summed E-state index contributed by atoms with van der Waals surface area (Å²) in [7, 11) is 1.45. The number of amides is 1. The summed E-state index contributed by atoms with van der Waals surface area (Å²) in [5.41, 5.74) is -0.979. The average molecular weight is 283 g/mol. The number of nitrogens with zero attached hydrogens (tertiary/aromatic N) is 2. The molecule has 0 unspecified atom stereocenters. The Morgan fingerprint density at radius 1 is 1.30 bits per heavy atom. The van der Waals surface area contributed by atoms with Crippen LogP contribution < -0.4 is 5.32 Å². The smallest absolute Gasteiger partial charge is 0.279 e. The number of nitro groups is 2. The molecule has 0 radical (unpaired) electrons. The highest BCUT2D eigenvalue weighted by atomic mass is 16.6. The minimum Gasteiger partial charge on any atom is -0.383 e. The van der Waals surface area contributed by atoms with Gasteiger partial charge < -0.3 is 10.1 Å². The van der Waals surface area contributed by atoms with E-state index in [1.807, 2.05) is 0 Å². The van der Waals surface area contributed by atoms with Crippen molar-refractivity contribution >= 4 is 17.3 Å². The van der Waals surface area contributed by atoms with E-state index in [0.29, 0.717) is 0 Å². The third-order valence-corrected chi connectivity index (χ3v) is 2.61. The van der Waals surface area contributed by atoms with E-state index in [-0.39, 0.29) is 24.3 Å². The van der Waals surface area contributed by atoms with E-state index in [0.717, 1.165) is 12.1 Å². The van der Waals surface area contributed by atoms with Crippen LogP contribution in [0.5, 0.6) is 0 Å². The Balaban J connectivity index is 3.20. The normalized spacial score (nSPS) is 10.1. The number of nitro benzene ring substituents is 2. The van der Waals surface area contributed by atoms with Crippen molar-refractivity contribution < 1.29 is 19.4 Å². The highest BCUT2D eigenvalue weighted by molar-refractivity contribution is 5.97. The van der Waals surface area contributed by atoms with E-state index < -0.39 is 27.1 Å². The molecule has 108 valence electrons. The maximum Gasteiger partial charge on any atom is 0.279 e. The molecule has 1 amide bonds. The average Bonchev–Trinajstić information content (AvgIpc) is 2.38. The molecule has 0 fully saturated rings. The molecule has 9 nitrogen and oxygen atoms in total. The molecule has 0 aliphatic heterocycles. The number of rotatable bonds is 6. The van der Waals surface area contributed by atoms with Crippen molar-refractivity contribution in [3.05, 3.63) is 43.5 Å². The van der Waals surface area contributed by atoms with Gasteiger partial charge in [-0.05, 0) is 6.92 Å². The fourth-order valence-electron chi connectivity index (χ4n) is 1.58. The molecule has 0 bridgehead atoms. The first kappa shape index (κ1) is 15.5. The van der Waals surface area contributed by atoms with Gasteiger partial charge in [-0.3, -0.25) is 25.0 Å². The summed E-state index contributed by atoms with van der Waals surface area (Å²) in [6.07, 6.45) is 0. The summed E-state index contributed by atoms with van der Waals surface area (Å²) < 4.78 is 4.75. The van der Waals surface area contributed by atoms with E-state index in [1.54, 1.807) is 0 Å². The lowest BCUT2D eigenvalue weighted by molar-refractivity contribution is -0.394. The number of carbonyl (C=O) groups is 1. The highest BCUT2D eigenvalue weighted by Crippen LogP contribution is 2.27. The van der Waals surface area contributed by atoms with Crippen LogP contribution in [0.1, 0.15) is 15.9 Å². The maximum atomic E-state index is 11.9. The zero-order chi connectivity index (χ0) is 15.3. The van der Waals surface area contributed by atoms with Gasteiger partial charge in [0.25, 0.3) is 17.3 Å². The van der Waals surface area contributed by atoms with E-state index >= 15 is 0 Å². The lowest BCUT2D eigenvalue weighted by atomic mass is 10.0. The second-order valence-electron chi connectivity index (χ2n) is 3.90. The van der Waals surface area contributed by atoms with Crippen molar-refractivity contribution in [3.8, 4) is 0 Å². The van der Waals surface area contributed by atoms with E-state index in [9.17, 15) is 25.0 Å². The number of methoxy groups -OCH3 is 1. The summed E-state index contributed by atoms with van der Waals surface area (Å²) in [4.78, 5) is 32.0. The number of benzene rings is 1.